The number of nitrogens with zero attached hydrogens (tertiary/aromatic N) is 2. The first-order chi connectivity index (χ1) is 12.8. The zero-order valence-corrected chi connectivity index (χ0v) is 16.2. The van der Waals surface area contributed by atoms with Crippen molar-refractivity contribution in [3.8, 4) is 0 Å². The third kappa shape index (κ3) is 3.84. The van der Waals surface area contributed by atoms with Gasteiger partial charge in [0.15, 0.2) is 0 Å². The fourth-order valence-corrected chi connectivity index (χ4v) is 3.70. The Kier molecular flexibility index (Phi) is 5.26. The molecule has 0 amide bonds. The lowest BCUT2D eigenvalue weighted by molar-refractivity contribution is 0.102. The number of nitrogens with one attached hydrogen (secondary N) is 1. The molecule has 0 spiro atoms. The van der Waals surface area contributed by atoms with E-state index >= 15 is 0 Å². The maximum atomic E-state index is 13.4. The standard InChI is InChI=1S/C21H25N3O3/c1-12(2)17-18(19(25)16-10-13(3)9-14(4)22-16)24(21(27)23-20(17)26)11-15-7-5-6-8-15/h5-6,9-10,12,15H,7-8,11H2,1-4H3,(H,23,26,27). The molecule has 1 aliphatic rings. The third-order valence-electron chi connectivity index (χ3n) is 4.90. The minimum Gasteiger partial charge on any atom is -0.289 e. The minimum atomic E-state index is -0.538. The van der Waals surface area contributed by atoms with E-state index in [1.807, 2.05) is 33.8 Å². The van der Waals surface area contributed by atoms with E-state index in [-0.39, 0.29) is 29.0 Å². The molecule has 0 aromatic carbocycles. The molecule has 0 radical (unpaired) electrons. The van der Waals surface area contributed by atoms with E-state index in [2.05, 4.69) is 22.1 Å². The van der Waals surface area contributed by atoms with Gasteiger partial charge in [-0.05, 0) is 56.2 Å². The van der Waals surface area contributed by atoms with Crippen LogP contribution in [0, 0.1) is 19.8 Å². The van der Waals surface area contributed by atoms with E-state index in [9.17, 15) is 14.4 Å². The van der Waals surface area contributed by atoms with E-state index < -0.39 is 11.2 Å². The molecule has 142 valence electrons. The van der Waals surface area contributed by atoms with Crippen LogP contribution in [0.15, 0.2) is 33.9 Å². The van der Waals surface area contributed by atoms with Gasteiger partial charge in [-0.2, -0.15) is 0 Å². The van der Waals surface area contributed by atoms with Gasteiger partial charge in [0.05, 0.1) is 0 Å². The Balaban J connectivity index is 2.22. The molecule has 2 aromatic heterocycles. The van der Waals surface area contributed by atoms with Crippen molar-refractivity contribution >= 4 is 5.78 Å². The Labute approximate surface area is 158 Å². The van der Waals surface area contributed by atoms with E-state index in [4.69, 9.17) is 0 Å². The third-order valence-corrected chi connectivity index (χ3v) is 4.90. The molecule has 2 heterocycles. The lowest BCUT2D eigenvalue weighted by Gasteiger charge is -2.19. The summed E-state index contributed by atoms with van der Waals surface area (Å²) in [4.78, 5) is 45.2. The summed E-state index contributed by atoms with van der Waals surface area (Å²) in [5, 5.41) is 0. The lowest BCUT2D eigenvalue weighted by Crippen LogP contribution is -2.39. The van der Waals surface area contributed by atoms with Crippen molar-refractivity contribution in [1.29, 1.82) is 0 Å². The predicted molar refractivity (Wildman–Crippen MR) is 104 cm³/mol. The van der Waals surface area contributed by atoms with Gasteiger partial charge in [-0.25, -0.2) is 9.78 Å². The van der Waals surface area contributed by atoms with Crippen molar-refractivity contribution in [2.75, 3.05) is 0 Å². The molecule has 0 unspecified atom stereocenters. The highest BCUT2D eigenvalue weighted by Gasteiger charge is 2.27. The molecule has 27 heavy (non-hydrogen) atoms. The van der Waals surface area contributed by atoms with Crippen LogP contribution < -0.4 is 11.2 Å². The SMILES string of the molecule is Cc1cc(C)nc(C(=O)c2c(C(C)C)c(=O)[nH]c(=O)n2CC2CC=CC2)c1. The second-order valence-electron chi connectivity index (χ2n) is 7.60. The zero-order valence-electron chi connectivity index (χ0n) is 16.2. The van der Waals surface area contributed by atoms with Gasteiger partial charge >= 0.3 is 5.69 Å². The molecular formula is C21H25N3O3. The molecular weight excluding hydrogens is 342 g/mol. The first-order valence-electron chi connectivity index (χ1n) is 9.30. The van der Waals surface area contributed by atoms with Crippen molar-refractivity contribution in [3.63, 3.8) is 0 Å². The molecule has 0 atom stereocenters. The number of hydrogen-bond acceptors (Lipinski definition) is 4. The fourth-order valence-electron chi connectivity index (χ4n) is 3.70. The van der Waals surface area contributed by atoms with Crippen LogP contribution in [0.5, 0.6) is 0 Å². The lowest BCUT2D eigenvalue weighted by atomic mass is 9.97. The number of allylic oxidation sites excluding steroid dienone is 2. The number of rotatable bonds is 5. The van der Waals surface area contributed by atoms with Crippen LogP contribution in [-0.2, 0) is 6.54 Å². The summed E-state index contributed by atoms with van der Waals surface area (Å²) in [7, 11) is 0. The second kappa shape index (κ2) is 7.47. The topological polar surface area (TPSA) is 84.8 Å². The number of aryl methyl sites for hydroxylation is 2. The van der Waals surface area contributed by atoms with Crippen LogP contribution in [-0.4, -0.2) is 20.3 Å². The zero-order chi connectivity index (χ0) is 19.7. The van der Waals surface area contributed by atoms with Crippen molar-refractivity contribution in [2.24, 2.45) is 5.92 Å². The van der Waals surface area contributed by atoms with E-state index in [0.717, 1.165) is 24.1 Å². The first-order valence-corrected chi connectivity index (χ1v) is 9.30. The smallest absolute Gasteiger partial charge is 0.289 e. The average molecular weight is 367 g/mol. The number of carbonyl (C=O) groups excluding carboxylic acids is 1. The molecule has 6 nitrogen and oxygen atoms in total. The van der Waals surface area contributed by atoms with Crippen molar-refractivity contribution < 1.29 is 4.79 Å². The van der Waals surface area contributed by atoms with Gasteiger partial charge in [-0.15, -0.1) is 0 Å². The van der Waals surface area contributed by atoms with Crippen LogP contribution in [0.3, 0.4) is 0 Å². The maximum absolute atomic E-state index is 13.4. The number of hydrogen-bond donors (Lipinski definition) is 1. The van der Waals surface area contributed by atoms with Gasteiger partial charge in [0, 0.05) is 17.8 Å². The van der Waals surface area contributed by atoms with E-state index in [1.54, 1.807) is 6.07 Å². The quantitative estimate of drug-likeness (QED) is 0.650. The second-order valence-corrected chi connectivity index (χ2v) is 7.60. The molecule has 0 aliphatic heterocycles. The summed E-state index contributed by atoms with van der Waals surface area (Å²) in [6.07, 6.45) is 5.88. The Hall–Kier alpha value is -2.76. The Morgan fingerprint density at radius 3 is 2.48 bits per heavy atom. The maximum Gasteiger partial charge on any atom is 0.328 e. The summed E-state index contributed by atoms with van der Waals surface area (Å²) in [5.41, 5.74) is 1.37. The van der Waals surface area contributed by atoms with Gasteiger partial charge < -0.3 is 0 Å². The van der Waals surface area contributed by atoms with E-state index in [1.165, 1.54) is 4.57 Å². The molecule has 0 saturated heterocycles. The highest BCUT2D eigenvalue weighted by molar-refractivity contribution is 6.07. The van der Waals surface area contributed by atoms with Gasteiger partial charge in [0.25, 0.3) is 5.56 Å². The Morgan fingerprint density at radius 1 is 1.22 bits per heavy atom. The highest BCUT2D eigenvalue weighted by atomic mass is 16.2. The molecule has 1 aliphatic carbocycles. The monoisotopic (exact) mass is 367 g/mol. The van der Waals surface area contributed by atoms with Crippen molar-refractivity contribution in [3.05, 3.63) is 73.3 Å². The molecule has 0 fully saturated rings. The predicted octanol–water partition coefficient (Wildman–Crippen LogP) is 2.87. The molecule has 6 heteroatoms. The van der Waals surface area contributed by atoms with Crippen LogP contribution in [0.1, 0.15) is 65.6 Å². The van der Waals surface area contributed by atoms with Crippen LogP contribution in [0.4, 0.5) is 0 Å². The minimum absolute atomic E-state index is 0.170. The fraction of sp³-hybridized carbons (Fsp3) is 0.429. The highest BCUT2D eigenvalue weighted by Crippen LogP contribution is 2.23. The number of carbonyl (C=O) groups is 1. The van der Waals surface area contributed by atoms with Crippen LogP contribution >= 0.6 is 0 Å². The average Bonchev–Trinajstić information content (AvgIpc) is 3.08. The molecule has 0 bridgehead atoms. The molecule has 3 rings (SSSR count). The van der Waals surface area contributed by atoms with E-state index in [0.29, 0.717) is 12.1 Å². The number of aromatic amines is 1. The normalized spacial score (nSPS) is 14.3. The summed E-state index contributed by atoms with van der Waals surface area (Å²) >= 11 is 0. The van der Waals surface area contributed by atoms with Crippen molar-refractivity contribution in [1.82, 2.24) is 14.5 Å². The van der Waals surface area contributed by atoms with Gasteiger partial charge in [-0.1, -0.05) is 26.0 Å². The van der Waals surface area contributed by atoms with Gasteiger partial charge in [-0.3, -0.25) is 19.1 Å². The molecule has 0 saturated carbocycles. The largest absolute Gasteiger partial charge is 0.328 e. The number of ketones is 1. The van der Waals surface area contributed by atoms with Crippen molar-refractivity contribution in [2.45, 2.75) is 53.0 Å². The molecule has 2 aromatic rings. The summed E-state index contributed by atoms with van der Waals surface area (Å²) in [5.74, 6) is -0.334. The Morgan fingerprint density at radius 2 is 1.89 bits per heavy atom. The number of aromatic nitrogens is 3. The summed E-state index contributed by atoms with van der Waals surface area (Å²) < 4.78 is 1.44. The van der Waals surface area contributed by atoms with Gasteiger partial charge in [0.1, 0.15) is 11.4 Å². The first kappa shape index (κ1) is 19.0. The summed E-state index contributed by atoms with van der Waals surface area (Å²) in [6.45, 7) is 7.81. The van der Waals surface area contributed by atoms with Gasteiger partial charge in [0.2, 0.25) is 5.78 Å². The number of pyridine rings is 1. The number of H-pyrrole nitrogens is 1. The van der Waals surface area contributed by atoms with Crippen LogP contribution in [0.25, 0.3) is 0 Å². The van der Waals surface area contributed by atoms with Crippen LogP contribution in [0.2, 0.25) is 0 Å². The summed E-state index contributed by atoms with van der Waals surface area (Å²) in [6, 6.07) is 3.59. The Bertz CT molecular complexity index is 1000. The molecule has 1 N–H and O–H groups in total.